The third-order valence-electron chi connectivity index (χ3n) is 4.84. The molecule has 0 fully saturated rings. The highest BCUT2D eigenvalue weighted by atomic mass is 16.5. The fraction of sp³-hybridized carbons (Fsp3) is 0.364. The summed E-state index contributed by atoms with van der Waals surface area (Å²) < 4.78 is 16.9. The fourth-order valence-corrected chi connectivity index (χ4v) is 3.24. The number of nitrogens with one attached hydrogen (secondary N) is 2. The summed E-state index contributed by atoms with van der Waals surface area (Å²) in [5, 5.41) is 6.37. The normalized spacial score (nSPS) is 11.8. The minimum absolute atomic E-state index is 0.0230. The molecule has 0 saturated carbocycles. The van der Waals surface area contributed by atoms with Crippen molar-refractivity contribution in [1.29, 1.82) is 0 Å². The summed E-state index contributed by atoms with van der Waals surface area (Å²) in [7, 11) is 6.22. The number of aromatic nitrogens is 3. The molecule has 0 aliphatic rings. The Hall–Kier alpha value is -3.66. The van der Waals surface area contributed by atoms with E-state index in [-0.39, 0.29) is 24.1 Å². The Labute approximate surface area is 185 Å². The van der Waals surface area contributed by atoms with Gasteiger partial charge in [0.15, 0.2) is 11.5 Å². The molecule has 10 nitrogen and oxygen atoms in total. The Balaban J connectivity index is 2.01. The summed E-state index contributed by atoms with van der Waals surface area (Å²) in [4.78, 5) is 33.7. The van der Waals surface area contributed by atoms with Gasteiger partial charge in [-0.15, -0.1) is 0 Å². The molecule has 3 rings (SSSR count). The first-order valence-electron chi connectivity index (χ1n) is 9.98. The van der Waals surface area contributed by atoms with Crippen molar-refractivity contribution in [1.82, 2.24) is 19.9 Å². The van der Waals surface area contributed by atoms with Gasteiger partial charge in [-0.25, -0.2) is 9.97 Å². The van der Waals surface area contributed by atoms with Crippen LogP contribution in [0.2, 0.25) is 0 Å². The van der Waals surface area contributed by atoms with Crippen molar-refractivity contribution in [3.63, 3.8) is 0 Å². The largest absolute Gasteiger partial charge is 0.493 e. The topological polar surface area (TPSA) is 117 Å². The van der Waals surface area contributed by atoms with E-state index in [0.29, 0.717) is 40.5 Å². The van der Waals surface area contributed by atoms with Crippen LogP contribution < -0.4 is 25.7 Å². The highest BCUT2D eigenvalue weighted by Gasteiger charge is 2.16. The number of pyridine rings is 1. The Bertz CT molecular complexity index is 1180. The molecule has 3 aromatic rings. The van der Waals surface area contributed by atoms with Crippen LogP contribution in [0.25, 0.3) is 22.2 Å². The number of benzene rings is 1. The van der Waals surface area contributed by atoms with Gasteiger partial charge in [-0.3, -0.25) is 9.59 Å². The van der Waals surface area contributed by atoms with Crippen molar-refractivity contribution < 1.29 is 19.0 Å². The van der Waals surface area contributed by atoms with Crippen LogP contribution in [0.4, 0.5) is 5.82 Å². The van der Waals surface area contributed by atoms with Gasteiger partial charge in [0.2, 0.25) is 5.91 Å². The second kappa shape index (κ2) is 10.1. The van der Waals surface area contributed by atoms with Crippen LogP contribution in [0, 0.1) is 0 Å². The predicted octanol–water partition coefficient (Wildman–Crippen LogP) is 1.58. The molecule has 0 aliphatic heterocycles. The van der Waals surface area contributed by atoms with Crippen LogP contribution in [0.5, 0.6) is 11.5 Å². The molecule has 170 valence electrons. The number of carbonyl (C=O) groups excluding carboxylic acids is 1. The highest BCUT2D eigenvalue weighted by molar-refractivity contribution is 5.91. The quantitative estimate of drug-likeness (QED) is 0.514. The molecular formula is C22H27N5O5. The minimum Gasteiger partial charge on any atom is -0.493 e. The summed E-state index contributed by atoms with van der Waals surface area (Å²) in [5.74, 6) is 1.32. The van der Waals surface area contributed by atoms with Gasteiger partial charge in [-0.05, 0) is 31.2 Å². The Morgan fingerprint density at radius 1 is 1.16 bits per heavy atom. The monoisotopic (exact) mass is 441 g/mol. The number of anilines is 1. The van der Waals surface area contributed by atoms with E-state index >= 15 is 0 Å². The predicted molar refractivity (Wildman–Crippen MR) is 121 cm³/mol. The van der Waals surface area contributed by atoms with Gasteiger partial charge < -0.3 is 29.4 Å². The van der Waals surface area contributed by atoms with E-state index in [0.717, 1.165) is 5.56 Å². The number of nitrogens with zero attached hydrogens (tertiary/aromatic N) is 3. The molecule has 32 heavy (non-hydrogen) atoms. The van der Waals surface area contributed by atoms with Crippen molar-refractivity contribution in [3.8, 4) is 22.8 Å². The smallest absolute Gasteiger partial charge is 0.264 e. The van der Waals surface area contributed by atoms with Crippen LogP contribution in [0.1, 0.15) is 6.92 Å². The first-order chi connectivity index (χ1) is 15.4. The number of rotatable bonds is 9. The van der Waals surface area contributed by atoms with E-state index in [9.17, 15) is 9.59 Å². The molecule has 1 amide bonds. The SMILES string of the molecule is COCC(=O)NC(C)CNc1nc(-c2ccc(OC)c(OC)c2)cc2ncn(C)c(=O)c12. The van der Waals surface area contributed by atoms with Crippen molar-refractivity contribution in [2.45, 2.75) is 13.0 Å². The maximum Gasteiger partial charge on any atom is 0.264 e. The summed E-state index contributed by atoms with van der Waals surface area (Å²) in [6, 6.07) is 6.99. The molecule has 0 radical (unpaired) electrons. The van der Waals surface area contributed by atoms with E-state index < -0.39 is 0 Å². The molecule has 1 atom stereocenters. The molecule has 2 heterocycles. The number of hydrogen-bond acceptors (Lipinski definition) is 8. The number of methoxy groups -OCH3 is 3. The van der Waals surface area contributed by atoms with Crippen molar-refractivity contribution >= 4 is 22.6 Å². The van der Waals surface area contributed by atoms with Gasteiger partial charge in [0.1, 0.15) is 17.8 Å². The van der Waals surface area contributed by atoms with E-state index in [1.54, 1.807) is 33.4 Å². The number of carbonyl (C=O) groups is 1. The molecule has 2 N–H and O–H groups in total. The minimum atomic E-state index is -0.226. The number of hydrogen-bond donors (Lipinski definition) is 2. The molecule has 0 bridgehead atoms. The highest BCUT2D eigenvalue weighted by Crippen LogP contribution is 2.33. The third kappa shape index (κ3) is 4.97. The van der Waals surface area contributed by atoms with Gasteiger partial charge in [0.25, 0.3) is 5.56 Å². The van der Waals surface area contributed by atoms with E-state index in [1.807, 2.05) is 19.1 Å². The second-order valence-corrected chi connectivity index (χ2v) is 7.26. The molecule has 0 aliphatic carbocycles. The molecule has 0 saturated heterocycles. The van der Waals surface area contributed by atoms with Gasteiger partial charge in [-0.1, -0.05) is 0 Å². The summed E-state index contributed by atoms with van der Waals surface area (Å²) in [5.41, 5.74) is 1.67. The first kappa shape index (κ1) is 23.0. The molecule has 0 spiro atoms. The van der Waals surface area contributed by atoms with Crippen molar-refractivity contribution in [2.24, 2.45) is 7.05 Å². The zero-order valence-electron chi connectivity index (χ0n) is 18.8. The fourth-order valence-electron chi connectivity index (χ4n) is 3.24. The average molecular weight is 441 g/mol. The van der Waals surface area contributed by atoms with Crippen LogP contribution in [-0.2, 0) is 16.6 Å². The van der Waals surface area contributed by atoms with E-state index in [2.05, 4.69) is 15.6 Å². The van der Waals surface area contributed by atoms with Gasteiger partial charge >= 0.3 is 0 Å². The zero-order valence-corrected chi connectivity index (χ0v) is 18.8. The van der Waals surface area contributed by atoms with Gasteiger partial charge in [-0.2, -0.15) is 0 Å². The lowest BCUT2D eigenvalue weighted by Gasteiger charge is -2.17. The van der Waals surface area contributed by atoms with E-state index in [4.69, 9.17) is 19.2 Å². The van der Waals surface area contributed by atoms with Gasteiger partial charge in [0, 0.05) is 32.3 Å². The second-order valence-electron chi connectivity index (χ2n) is 7.26. The lowest BCUT2D eigenvalue weighted by Crippen LogP contribution is -2.39. The summed E-state index contributed by atoms with van der Waals surface area (Å²) >= 11 is 0. The van der Waals surface area contributed by atoms with Crippen LogP contribution in [-0.4, -0.2) is 61.0 Å². The number of aryl methyl sites for hydroxylation is 1. The lowest BCUT2D eigenvalue weighted by molar-refractivity contribution is -0.125. The van der Waals surface area contributed by atoms with E-state index in [1.165, 1.54) is 18.0 Å². The van der Waals surface area contributed by atoms with Crippen LogP contribution in [0.15, 0.2) is 35.4 Å². The Kier molecular flexibility index (Phi) is 7.26. The standard InChI is InChI=1S/C22H27N5O5/c1-13(25-19(28)11-30-3)10-23-21-20-16(24-12-27(2)22(20)29)9-15(26-21)14-6-7-17(31-4)18(8-14)32-5/h6-9,12-13H,10-11H2,1-5H3,(H,23,26)(H,25,28). The number of ether oxygens (including phenoxy) is 3. The molecular weight excluding hydrogens is 414 g/mol. The summed E-state index contributed by atoms with van der Waals surface area (Å²) in [6.45, 7) is 2.17. The lowest BCUT2D eigenvalue weighted by atomic mass is 10.1. The molecule has 2 aromatic heterocycles. The van der Waals surface area contributed by atoms with Crippen LogP contribution >= 0.6 is 0 Å². The van der Waals surface area contributed by atoms with Crippen LogP contribution in [0.3, 0.4) is 0 Å². The first-order valence-corrected chi connectivity index (χ1v) is 9.98. The maximum atomic E-state index is 12.8. The Morgan fingerprint density at radius 3 is 2.59 bits per heavy atom. The molecule has 1 unspecified atom stereocenters. The van der Waals surface area contributed by atoms with Crippen molar-refractivity contribution in [2.75, 3.05) is 39.8 Å². The van der Waals surface area contributed by atoms with Gasteiger partial charge in [0.05, 0.1) is 31.8 Å². The maximum absolute atomic E-state index is 12.8. The molecule has 10 heteroatoms. The number of amides is 1. The third-order valence-corrected chi connectivity index (χ3v) is 4.84. The van der Waals surface area contributed by atoms with Crippen molar-refractivity contribution in [3.05, 3.63) is 40.9 Å². The summed E-state index contributed by atoms with van der Waals surface area (Å²) in [6.07, 6.45) is 1.47. The Morgan fingerprint density at radius 2 is 1.91 bits per heavy atom. The average Bonchev–Trinajstić information content (AvgIpc) is 2.79. The zero-order chi connectivity index (χ0) is 23.3. The molecule has 1 aromatic carbocycles. The number of fused-ring (bicyclic) bond motifs is 1.